The van der Waals surface area contributed by atoms with Crippen LogP contribution in [0.4, 0.5) is 5.69 Å². The van der Waals surface area contributed by atoms with Gasteiger partial charge in [0, 0.05) is 30.3 Å². The molecule has 8 nitrogen and oxygen atoms in total. The molecule has 1 aliphatic carbocycles. The minimum atomic E-state index is -0.247. The summed E-state index contributed by atoms with van der Waals surface area (Å²) < 4.78 is 11.1. The van der Waals surface area contributed by atoms with Crippen LogP contribution in [-0.4, -0.2) is 41.7 Å². The van der Waals surface area contributed by atoms with E-state index in [9.17, 15) is 9.59 Å². The highest BCUT2D eigenvalue weighted by Gasteiger charge is 2.30. The van der Waals surface area contributed by atoms with Crippen LogP contribution in [0.1, 0.15) is 34.8 Å². The molecule has 2 aromatic heterocycles. The number of hydrogen-bond donors (Lipinski definition) is 1. The van der Waals surface area contributed by atoms with E-state index >= 15 is 0 Å². The van der Waals surface area contributed by atoms with Crippen LogP contribution in [0.15, 0.2) is 65.2 Å². The highest BCUT2D eigenvalue weighted by molar-refractivity contribution is 6.09. The van der Waals surface area contributed by atoms with Gasteiger partial charge in [0.1, 0.15) is 11.4 Å². The Kier molecular flexibility index (Phi) is 4.98. The molecular formula is C26H22N4O4. The van der Waals surface area contributed by atoms with Crippen molar-refractivity contribution in [3.63, 3.8) is 0 Å². The van der Waals surface area contributed by atoms with Crippen LogP contribution in [0.25, 0.3) is 22.4 Å². The van der Waals surface area contributed by atoms with Crippen molar-refractivity contribution in [3.05, 3.63) is 71.9 Å². The van der Waals surface area contributed by atoms with Gasteiger partial charge in [-0.05, 0) is 31.0 Å². The fourth-order valence-electron chi connectivity index (χ4n) is 4.31. The molecule has 6 rings (SSSR count). The number of rotatable bonds is 6. The first-order valence-electron chi connectivity index (χ1n) is 11.3. The lowest BCUT2D eigenvalue weighted by Crippen LogP contribution is -2.43. The van der Waals surface area contributed by atoms with Crippen LogP contribution in [0, 0.1) is 0 Å². The monoisotopic (exact) mass is 454 g/mol. The molecule has 1 saturated carbocycles. The molecule has 1 aliphatic heterocycles. The molecule has 2 aromatic carbocycles. The molecule has 0 unspecified atom stereocenters. The quantitative estimate of drug-likeness (QED) is 0.474. The number of ether oxygens (including phenoxy) is 1. The van der Waals surface area contributed by atoms with Crippen LogP contribution < -0.4 is 15.0 Å². The second-order valence-electron chi connectivity index (χ2n) is 8.50. The third kappa shape index (κ3) is 3.67. The summed E-state index contributed by atoms with van der Waals surface area (Å²) in [6, 6.07) is 18.9. The molecule has 1 N–H and O–H groups in total. The molecular weight excluding hydrogens is 432 g/mol. The van der Waals surface area contributed by atoms with E-state index in [1.165, 1.54) is 0 Å². The van der Waals surface area contributed by atoms with Gasteiger partial charge in [0.25, 0.3) is 17.5 Å². The predicted octanol–water partition coefficient (Wildman–Crippen LogP) is 3.92. The van der Waals surface area contributed by atoms with Gasteiger partial charge in [0.05, 0.1) is 16.6 Å². The Morgan fingerprint density at radius 2 is 1.88 bits per heavy atom. The van der Waals surface area contributed by atoms with Crippen LogP contribution >= 0.6 is 0 Å². The Morgan fingerprint density at radius 3 is 2.71 bits per heavy atom. The third-order valence-corrected chi connectivity index (χ3v) is 6.18. The maximum atomic E-state index is 13.4. The first kappa shape index (κ1) is 20.4. The molecule has 8 heteroatoms. The number of carbonyl (C=O) groups excluding carboxylic acids is 2. The van der Waals surface area contributed by atoms with Crippen molar-refractivity contribution in [3.8, 4) is 17.0 Å². The Morgan fingerprint density at radius 1 is 1.09 bits per heavy atom. The normalized spacial score (nSPS) is 15.2. The molecule has 170 valence electrons. The number of anilines is 1. The average molecular weight is 454 g/mol. The summed E-state index contributed by atoms with van der Waals surface area (Å²) in [6.45, 7) is 0.610. The molecule has 2 amide bonds. The van der Waals surface area contributed by atoms with Gasteiger partial charge in [0.15, 0.2) is 6.61 Å². The summed E-state index contributed by atoms with van der Waals surface area (Å²) in [5.41, 5.74) is 3.86. The number of pyridine rings is 1. The summed E-state index contributed by atoms with van der Waals surface area (Å²) in [7, 11) is 0. The van der Waals surface area contributed by atoms with Gasteiger partial charge in [-0.1, -0.05) is 47.6 Å². The molecule has 34 heavy (non-hydrogen) atoms. The van der Waals surface area contributed by atoms with Crippen molar-refractivity contribution in [1.82, 2.24) is 15.5 Å². The molecule has 1 fully saturated rings. The number of para-hydroxylation sites is 2. The molecule has 4 aromatic rings. The zero-order valence-corrected chi connectivity index (χ0v) is 18.4. The zero-order valence-electron chi connectivity index (χ0n) is 18.4. The molecule has 0 bridgehead atoms. The van der Waals surface area contributed by atoms with E-state index in [1.807, 2.05) is 60.7 Å². The summed E-state index contributed by atoms with van der Waals surface area (Å²) >= 11 is 0. The van der Waals surface area contributed by atoms with Gasteiger partial charge in [-0.3, -0.25) is 9.59 Å². The minimum absolute atomic E-state index is 0.0121. The van der Waals surface area contributed by atoms with Gasteiger partial charge in [-0.25, -0.2) is 4.98 Å². The lowest BCUT2D eigenvalue weighted by Gasteiger charge is -2.29. The predicted molar refractivity (Wildman–Crippen MR) is 126 cm³/mol. The van der Waals surface area contributed by atoms with Crippen molar-refractivity contribution in [2.24, 2.45) is 0 Å². The van der Waals surface area contributed by atoms with E-state index in [0.29, 0.717) is 46.3 Å². The third-order valence-electron chi connectivity index (χ3n) is 6.18. The zero-order chi connectivity index (χ0) is 23.1. The number of fused-ring (bicyclic) bond motifs is 2. The first-order chi connectivity index (χ1) is 16.7. The van der Waals surface area contributed by atoms with Crippen molar-refractivity contribution >= 4 is 28.6 Å². The number of nitrogens with one attached hydrogen (secondary N) is 1. The molecule has 3 heterocycles. The van der Waals surface area contributed by atoms with Gasteiger partial charge in [0.2, 0.25) is 0 Å². The fourth-order valence-corrected chi connectivity index (χ4v) is 4.31. The SMILES string of the molecule is O=C(NCCN1C(=O)COc2ccccc21)c1cc(C2CC2)nc2onc(-c3ccccc3)c12. The lowest BCUT2D eigenvalue weighted by atomic mass is 10.0. The van der Waals surface area contributed by atoms with Gasteiger partial charge in [-0.2, -0.15) is 0 Å². The summed E-state index contributed by atoms with van der Waals surface area (Å²) in [4.78, 5) is 32.1. The minimum Gasteiger partial charge on any atom is -0.482 e. The van der Waals surface area contributed by atoms with Gasteiger partial charge in [-0.15, -0.1) is 0 Å². The number of amides is 2. The highest BCUT2D eigenvalue weighted by atomic mass is 16.5. The van der Waals surface area contributed by atoms with Crippen LogP contribution in [0.3, 0.4) is 0 Å². The van der Waals surface area contributed by atoms with Crippen molar-refractivity contribution < 1.29 is 18.8 Å². The van der Waals surface area contributed by atoms with E-state index in [4.69, 9.17) is 9.26 Å². The summed E-state index contributed by atoms with van der Waals surface area (Å²) in [5, 5.41) is 7.81. The van der Waals surface area contributed by atoms with E-state index in [2.05, 4.69) is 15.5 Å². The maximum Gasteiger partial charge on any atom is 0.265 e. The maximum absolute atomic E-state index is 13.4. The van der Waals surface area contributed by atoms with E-state index in [1.54, 1.807) is 4.90 Å². The molecule has 0 spiro atoms. The van der Waals surface area contributed by atoms with Crippen molar-refractivity contribution in [1.29, 1.82) is 0 Å². The lowest BCUT2D eigenvalue weighted by molar-refractivity contribution is -0.121. The average Bonchev–Trinajstić information content (AvgIpc) is 3.64. The number of carbonyl (C=O) groups is 2. The van der Waals surface area contributed by atoms with Gasteiger partial charge >= 0.3 is 0 Å². The van der Waals surface area contributed by atoms with Crippen LogP contribution in [0.2, 0.25) is 0 Å². The second kappa shape index (κ2) is 8.30. The van der Waals surface area contributed by atoms with Crippen LogP contribution in [0.5, 0.6) is 5.75 Å². The smallest absolute Gasteiger partial charge is 0.265 e. The Bertz CT molecular complexity index is 1390. The Hall–Kier alpha value is -4.20. The largest absolute Gasteiger partial charge is 0.482 e. The van der Waals surface area contributed by atoms with Crippen molar-refractivity contribution in [2.75, 3.05) is 24.6 Å². The van der Waals surface area contributed by atoms with Gasteiger partial charge < -0.3 is 19.5 Å². The molecule has 2 aliphatic rings. The number of aromatic nitrogens is 2. The number of nitrogens with zero attached hydrogens (tertiary/aromatic N) is 3. The van der Waals surface area contributed by atoms with E-state index in [0.717, 1.165) is 24.1 Å². The topological polar surface area (TPSA) is 97.6 Å². The number of hydrogen-bond acceptors (Lipinski definition) is 6. The van der Waals surface area contributed by atoms with E-state index < -0.39 is 0 Å². The second-order valence-corrected chi connectivity index (χ2v) is 8.50. The summed E-state index contributed by atoms with van der Waals surface area (Å²) in [6.07, 6.45) is 2.11. The highest BCUT2D eigenvalue weighted by Crippen LogP contribution is 2.41. The molecule has 0 saturated heterocycles. The van der Waals surface area contributed by atoms with E-state index in [-0.39, 0.29) is 25.0 Å². The Balaban J connectivity index is 1.28. The Labute approximate surface area is 195 Å². The first-order valence-corrected chi connectivity index (χ1v) is 11.3. The van der Waals surface area contributed by atoms with Crippen molar-refractivity contribution in [2.45, 2.75) is 18.8 Å². The standard InChI is InChI=1S/C26H22N4O4/c31-22-15-33-21-9-5-4-8-20(21)30(22)13-12-27-25(32)18-14-19(16-10-11-16)28-26-23(18)24(29-34-26)17-6-2-1-3-7-17/h1-9,14,16H,10-13,15H2,(H,27,32). The number of benzene rings is 2. The molecule has 0 radical (unpaired) electrons. The van der Waals surface area contributed by atoms with Crippen LogP contribution in [-0.2, 0) is 4.79 Å². The fraction of sp³-hybridized carbons (Fsp3) is 0.231. The summed E-state index contributed by atoms with van der Waals surface area (Å²) in [5.74, 6) is 0.628. The molecule has 0 atom stereocenters.